The Hall–Kier alpha value is -2.46. The first-order chi connectivity index (χ1) is 12.3. The summed E-state index contributed by atoms with van der Waals surface area (Å²) in [5, 5.41) is 12.4. The smallest absolute Gasteiger partial charge is 0.225 e. The fourth-order valence-corrected chi connectivity index (χ4v) is 2.94. The maximum atomic E-state index is 11.4. The van der Waals surface area contributed by atoms with Crippen LogP contribution in [0.2, 0.25) is 0 Å². The van der Waals surface area contributed by atoms with Gasteiger partial charge in [0.2, 0.25) is 5.78 Å². The highest BCUT2D eigenvalue weighted by atomic mass is 35.5. The van der Waals surface area contributed by atoms with Gasteiger partial charge in [0.1, 0.15) is 0 Å². The van der Waals surface area contributed by atoms with E-state index < -0.39 is 5.78 Å². The Morgan fingerprint density at radius 2 is 1.69 bits per heavy atom. The molecule has 0 bridgehead atoms. The highest BCUT2D eigenvalue weighted by Gasteiger charge is 2.20. The molecule has 26 heavy (non-hydrogen) atoms. The SMILES string of the molecule is CC(C)(C)c1ccc(C(Cc2ccc(C(=O)C=O)cc2)/C(Cl)=N/O)cc1. The van der Waals surface area contributed by atoms with Crippen LogP contribution < -0.4 is 0 Å². The van der Waals surface area contributed by atoms with Crippen LogP contribution in [0.5, 0.6) is 0 Å². The molecule has 0 fully saturated rings. The zero-order valence-electron chi connectivity index (χ0n) is 15.1. The summed E-state index contributed by atoms with van der Waals surface area (Å²) in [6.07, 6.45) is 0.803. The van der Waals surface area contributed by atoms with Crippen LogP contribution in [0.4, 0.5) is 0 Å². The van der Waals surface area contributed by atoms with Crippen molar-refractivity contribution in [3.63, 3.8) is 0 Å². The summed E-state index contributed by atoms with van der Waals surface area (Å²) < 4.78 is 0. The van der Waals surface area contributed by atoms with Gasteiger partial charge in [-0.05, 0) is 28.5 Å². The zero-order valence-corrected chi connectivity index (χ0v) is 15.8. The molecule has 4 nitrogen and oxygen atoms in total. The number of carbonyl (C=O) groups excluding carboxylic acids is 2. The third kappa shape index (κ3) is 4.79. The first kappa shape index (κ1) is 19.9. The number of aldehydes is 1. The molecule has 1 atom stereocenters. The average molecular weight is 372 g/mol. The molecule has 0 spiro atoms. The van der Waals surface area contributed by atoms with Crippen LogP contribution in [0.3, 0.4) is 0 Å². The molecule has 2 aromatic rings. The average Bonchev–Trinajstić information content (AvgIpc) is 2.64. The van der Waals surface area contributed by atoms with Gasteiger partial charge >= 0.3 is 0 Å². The molecule has 1 unspecified atom stereocenters. The summed E-state index contributed by atoms with van der Waals surface area (Å²) in [6, 6.07) is 14.8. The molecule has 5 heteroatoms. The largest absolute Gasteiger partial charge is 0.410 e. The van der Waals surface area contributed by atoms with Crippen molar-refractivity contribution in [2.75, 3.05) is 0 Å². The minimum absolute atomic E-state index is 0.0455. The number of hydrogen-bond acceptors (Lipinski definition) is 4. The van der Waals surface area contributed by atoms with E-state index in [1.807, 2.05) is 12.1 Å². The molecular weight excluding hydrogens is 350 g/mol. The van der Waals surface area contributed by atoms with Crippen molar-refractivity contribution in [1.82, 2.24) is 0 Å². The van der Waals surface area contributed by atoms with E-state index in [1.54, 1.807) is 24.3 Å². The second-order valence-corrected chi connectivity index (χ2v) is 7.62. The summed E-state index contributed by atoms with van der Waals surface area (Å²) in [4.78, 5) is 22.0. The fraction of sp³-hybridized carbons (Fsp3) is 0.286. The lowest BCUT2D eigenvalue weighted by molar-refractivity contribution is -0.104. The van der Waals surface area contributed by atoms with Gasteiger partial charge in [-0.1, -0.05) is 86.1 Å². The van der Waals surface area contributed by atoms with E-state index >= 15 is 0 Å². The van der Waals surface area contributed by atoms with Gasteiger partial charge in [-0.3, -0.25) is 9.59 Å². The highest BCUT2D eigenvalue weighted by Crippen LogP contribution is 2.28. The summed E-state index contributed by atoms with van der Waals surface area (Å²) in [7, 11) is 0. The molecule has 136 valence electrons. The zero-order chi connectivity index (χ0) is 19.3. The van der Waals surface area contributed by atoms with E-state index in [2.05, 4.69) is 38.1 Å². The van der Waals surface area contributed by atoms with Gasteiger partial charge in [0, 0.05) is 11.5 Å². The molecule has 0 radical (unpaired) electrons. The molecule has 1 N–H and O–H groups in total. The summed E-state index contributed by atoms with van der Waals surface area (Å²) in [6.45, 7) is 6.43. The summed E-state index contributed by atoms with van der Waals surface area (Å²) in [5.74, 6) is -0.857. The Morgan fingerprint density at radius 3 is 2.15 bits per heavy atom. The van der Waals surface area contributed by atoms with E-state index in [0.29, 0.717) is 18.3 Å². The first-order valence-corrected chi connectivity index (χ1v) is 8.70. The lowest BCUT2D eigenvalue weighted by Crippen LogP contribution is -2.13. The van der Waals surface area contributed by atoms with Crippen LogP contribution in [0.15, 0.2) is 53.7 Å². The third-order valence-electron chi connectivity index (χ3n) is 4.35. The number of Topliss-reactive ketones (excluding diaryl/α,β-unsaturated/α-hetero) is 1. The predicted molar refractivity (Wildman–Crippen MR) is 103 cm³/mol. The molecular formula is C21H22ClNO3. The first-order valence-electron chi connectivity index (χ1n) is 8.32. The lowest BCUT2D eigenvalue weighted by atomic mass is 9.85. The molecule has 0 aromatic heterocycles. The van der Waals surface area contributed by atoms with Crippen molar-refractivity contribution < 1.29 is 14.8 Å². The highest BCUT2D eigenvalue weighted by molar-refractivity contribution is 6.66. The normalized spacial score (nSPS) is 13.3. The number of benzene rings is 2. The molecule has 2 aromatic carbocycles. The summed E-state index contributed by atoms with van der Waals surface area (Å²) in [5.41, 5.74) is 3.45. The van der Waals surface area contributed by atoms with Crippen LogP contribution in [0.1, 0.15) is 53.7 Å². The predicted octanol–water partition coefficient (Wildman–Crippen LogP) is 4.72. The molecule has 0 aliphatic rings. The van der Waals surface area contributed by atoms with Crippen LogP contribution in [-0.4, -0.2) is 22.4 Å². The number of ketones is 1. The Balaban J connectivity index is 2.28. The van der Waals surface area contributed by atoms with Gasteiger partial charge in [0.05, 0.1) is 0 Å². The van der Waals surface area contributed by atoms with Gasteiger partial charge in [-0.15, -0.1) is 0 Å². The van der Waals surface area contributed by atoms with Crippen LogP contribution in [0.25, 0.3) is 0 Å². The minimum Gasteiger partial charge on any atom is -0.410 e. The summed E-state index contributed by atoms with van der Waals surface area (Å²) >= 11 is 6.15. The quantitative estimate of drug-likeness (QED) is 0.199. The fourth-order valence-electron chi connectivity index (χ4n) is 2.73. The van der Waals surface area contributed by atoms with Gasteiger partial charge in [-0.25, -0.2) is 0 Å². The van der Waals surface area contributed by atoms with Crippen LogP contribution >= 0.6 is 11.6 Å². The van der Waals surface area contributed by atoms with E-state index in [4.69, 9.17) is 16.8 Å². The standard InChI is InChI=1S/C21H22ClNO3/c1-21(2,3)17-10-8-15(9-11-17)18(20(22)23-26)12-14-4-6-16(7-5-14)19(25)13-24/h4-11,13,18,26H,12H2,1-3H3/b23-20-. The second-order valence-electron chi connectivity index (χ2n) is 7.23. The maximum absolute atomic E-state index is 11.4. The van der Waals surface area contributed by atoms with Crippen LogP contribution in [0, 0.1) is 0 Å². The van der Waals surface area contributed by atoms with Crippen molar-refractivity contribution in [2.45, 2.75) is 38.5 Å². The molecule has 0 amide bonds. The number of halogens is 1. The van der Waals surface area contributed by atoms with E-state index in [0.717, 1.165) is 11.1 Å². The van der Waals surface area contributed by atoms with Gasteiger partial charge in [-0.2, -0.15) is 0 Å². The number of hydrogen-bond donors (Lipinski definition) is 1. The van der Waals surface area contributed by atoms with Gasteiger partial charge in [0.25, 0.3) is 0 Å². The van der Waals surface area contributed by atoms with Crippen LogP contribution in [-0.2, 0) is 16.6 Å². The molecule has 0 aliphatic carbocycles. The monoisotopic (exact) mass is 371 g/mol. The molecule has 2 rings (SSSR count). The Labute approximate surface area is 158 Å². The maximum Gasteiger partial charge on any atom is 0.225 e. The second kappa shape index (κ2) is 8.28. The molecule has 0 saturated heterocycles. The van der Waals surface area contributed by atoms with Crippen molar-refractivity contribution in [2.24, 2.45) is 5.16 Å². The van der Waals surface area contributed by atoms with E-state index in [1.165, 1.54) is 5.56 Å². The third-order valence-corrected chi connectivity index (χ3v) is 4.69. The van der Waals surface area contributed by atoms with Gasteiger partial charge in [0.15, 0.2) is 11.5 Å². The van der Waals surface area contributed by atoms with E-state index in [9.17, 15) is 9.59 Å². The number of oxime groups is 1. The van der Waals surface area contributed by atoms with E-state index in [-0.39, 0.29) is 16.5 Å². The Morgan fingerprint density at radius 1 is 1.12 bits per heavy atom. The van der Waals surface area contributed by atoms with Crippen molar-refractivity contribution >= 4 is 28.8 Å². The lowest BCUT2D eigenvalue weighted by Gasteiger charge is -2.21. The molecule has 0 aliphatic heterocycles. The van der Waals surface area contributed by atoms with Crippen molar-refractivity contribution in [3.8, 4) is 0 Å². The topological polar surface area (TPSA) is 66.7 Å². The number of rotatable bonds is 6. The molecule has 0 heterocycles. The number of nitrogens with zero attached hydrogens (tertiary/aromatic N) is 1. The van der Waals surface area contributed by atoms with Crippen molar-refractivity contribution in [1.29, 1.82) is 0 Å². The minimum atomic E-state index is -0.555. The Kier molecular flexibility index (Phi) is 6.32. The van der Waals surface area contributed by atoms with Gasteiger partial charge < -0.3 is 5.21 Å². The van der Waals surface area contributed by atoms with Crippen molar-refractivity contribution in [3.05, 3.63) is 70.8 Å². The Bertz CT molecular complexity index is 803. The molecule has 0 saturated carbocycles. The number of carbonyl (C=O) groups is 2.